The topological polar surface area (TPSA) is 47.2 Å². The highest BCUT2D eigenvalue weighted by atomic mass is 16.5. The predicted octanol–water partition coefficient (Wildman–Crippen LogP) is 1.97. The SMILES string of the molecule is C[C@@H]1CCCC[C@H]1N(C)C(=O)c1cccc[n+]1[O-]. The molecule has 0 saturated heterocycles. The van der Waals surface area contributed by atoms with E-state index in [1.54, 1.807) is 23.1 Å². The van der Waals surface area contributed by atoms with Crippen LogP contribution in [0.2, 0.25) is 0 Å². The van der Waals surface area contributed by atoms with Crippen molar-refractivity contribution in [3.63, 3.8) is 0 Å². The molecule has 0 radical (unpaired) electrons. The molecule has 1 heterocycles. The molecule has 0 spiro atoms. The Kier molecular flexibility index (Phi) is 3.84. The summed E-state index contributed by atoms with van der Waals surface area (Å²) in [5.41, 5.74) is 0.206. The Morgan fingerprint density at radius 1 is 1.39 bits per heavy atom. The number of rotatable bonds is 2. The van der Waals surface area contributed by atoms with Crippen LogP contribution < -0.4 is 4.73 Å². The maximum Gasteiger partial charge on any atom is 0.319 e. The summed E-state index contributed by atoms with van der Waals surface area (Å²) in [6.07, 6.45) is 5.97. The van der Waals surface area contributed by atoms with Crippen molar-refractivity contribution < 1.29 is 9.52 Å². The number of carbonyl (C=O) groups is 1. The molecule has 0 N–H and O–H groups in total. The number of hydrogen-bond donors (Lipinski definition) is 0. The van der Waals surface area contributed by atoms with Crippen molar-refractivity contribution in [1.29, 1.82) is 0 Å². The molecule has 98 valence electrons. The highest BCUT2D eigenvalue weighted by Gasteiger charge is 2.31. The normalized spacial score (nSPS) is 23.7. The molecule has 1 amide bonds. The summed E-state index contributed by atoms with van der Waals surface area (Å²) in [5, 5.41) is 11.6. The molecule has 2 rings (SSSR count). The molecule has 18 heavy (non-hydrogen) atoms. The van der Waals surface area contributed by atoms with Gasteiger partial charge in [-0.3, -0.25) is 4.79 Å². The summed E-state index contributed by atoms with van der Waals surface area (Å²) < 4.78 is 0.645. The van der Waals surface area contributed by atoms with Gasteiger partial charge in [0.15, 0.2) is 6.20 Å². The fraction of sp³-hybridized carbons (Fsp3) is 0.571. The second-order valence-electron chi connectivity index (χ2n) is 5.16. The Balaban J connectivity index is 2.16. The van der Waals surface area contributed by atoms with E-state index in [0.717, 1.165) is 12.8 Å². The van der Waals surface area contributed by atoms with Gasteiger partial charge < -0.3 is 10.1 Å². The first kappa shape index (κ1) is 12.9. The zero-order valence-electron chi connectivity index (χ0n) is 11.0. The molecule has 1 aliphatic carbocycles. The first-order chi connectivity index (χ1) is 8.61. The molecule has 0 unspecified atom stereocenters. The van der Waals surface area contributed by atoms with Gasteiger partial charge in [0.25, 0.3) is 5.69 Å². The van der Waals surface area contributed by atoms with Gasteiger partial charge in [0.1, 0.15) is 0 Å². The molecular weight excluding hydrogens is 228 g/mol. The first-order valence-electron chi connectivity index (χ1n) is 6.56. The molecule has 4 heteroatoms. The molecule has 0 bridgehead atoms. The summed E-state index contributed by atoms with van der Waals surface area (Å²) in [7, 11) is 1.81. The Morgan fingerprint density at radius 3 is 2.78 bits per heavy atom. The zero-order valence-corrected chi connectivity index (χ0v) is 11.0. The highest BCUT2D eigenvalue weighted by molar-refractivity contribution is 5.91. The van der Waals surface area contributed by atoms with E-state index in [2.05, 4.69) is 6.92 Å². The van der Waals surface area contributed by atoms with Gasteiger partial charge in [0, 0.05) is 25.2 Å². The number of nitrogens with zero attached hydrogens (tertiary/aromatic N) is 2. The summed E-state index contributed by atoms with van der Waals surface area (Å²) in [4.78, 5) is 14.1. The van der Waals surface area contributed by atoms with Gasteiger partial charge >= 0.3 is 5.91 Å². The van der Waals surface area contributed by atoms with Crippen LogP contribution in [0.25, 0.3) is 0 Å². The summed E-state index contributed by atoms with van der Waals surface area (Å²) in [6, 6.07) is 5.19. The Hall–Kier alpha value is -1.58. The van der Waals surface area contributed by atoms with Crippen molar-refractivity contribution in [1.82, 2.24) is 4.90 Å². The quantitative estimate of drug-likeness (QED) is 0.593. The van der Waals surface area contributed by atoms with E-state index in [9.17, 15) is 10.0 Å². The smallest absolute Gasteiger partial charge is 0.319 e. The summed E-state index contributed by atoms with van der Waals surface area (Å²) in [5.74, 6) is 0.334. The zero-order chi connectivity index (χ0) is 13.1. The second kappa shape index (κ2) is 5.38. The van der Waals surface area contributed by atoms with Gasteiger partial charge in [-0.25, -0.2) is 0 Å². The number of aromatic nitrogens is 1. The van der Waals surface area contributed by atoms with Gasteiger partial charge in [-0.1, -0.05) is 19.8 Å². The molecule has 1 aromatic heterocycles. The average Bonchev–Trinajstić information content (AvgIpc) is 2.38. The summed E-state index contributed by atoms with van der Waals surface area (Å²) >= 11 is 0. The molecule has 0 aromatic carbocycles. The molecule has 4 nitrogen and oxygen atoms in total. The van der Waals surface area contributed by atoms with Crippen LogP contribution in [0.15, 0.2) is 24.4 Å². The lowest BCUT2D eigenvalue weighted by Crippen LogP contribution is -2.47. The van der Waals surface area contributed by atoms with Crippen LogP contribution in [-0.4, -0.2) is 23.9 Å². The molecule has 1 aromatic rings. The predicted molar refractivity (Wildman–Crippen MR) is 68.9 cm³/mol. The highest BCUT2D eigenvalue weighted by Crippen LogP contribution is 2.27. The lowest BCUT2D eigenvalue weighted by molar-refractivity contribution is -0.608. The third kappa shape index (κ3) is 2.47. The fourth-order valence-corrected chi connectivity index (χ4v) is 2.80. The van der Waals surface area contributed by atoms with E-state index in [0.29, 0.717) is 10.6 Å². The van der Waals surface area contributed by atoms with Crippen molar-refractivity contribution in [3.8, 4) is 0 Å². The minimum absolute atomic E-state index is 0.177. The van der Waals surface area contributed by atoms with Crippen molar-refractivity contribution in [2.75, 3.05) is 7.05 Å². The van der Waals surface area contributed by atoms with Crippen LogP contribution in [-0.2, 0) is 0 Å². The van der Waals surface area contributed by atoms with Gasteiger partial charge in [-0.05, 0) is 24.8 Å². The largest absolute Gasteiger partial charge is 0.618 e. The van der Waals surface area contributed by atoms with Gasteiger partial charge in [0.05, 0.1) is 0 Å². The molecule has 2 atom stereocenters. The van der Waals surface area contributed by atoms with Gasteiger partial charge in [0.2, 0.25) is 0 Å². The van der Waals surface area contributed by atoms with E-state index in [4.69, 9.17) is 0 Å². The molecule has 0 aliphatic heterocycles. The monoisotopic (exact) mass is 248 g/mol. The van der Waals surface area contributed by atoms with Gasteiger partial charge in [-0.15, -0.1) is 0 Å². The average molecular weight is 248 g/mol. The lowest BCUT2D eigenvalue weighted by atomic mass is 9.85. The maximum atomic E-state index is 12.3. The molecular formula is C14H20N2O2. The van der Waals surface area contributed by atoms with Crippen LogP contribution in [0.5, 0.6) is 0 Å². The molecule has 1 fully saturated rings. The van der Waals surface area contributed by atoms with E-state index in [-0.39, 0.29) is 17.6 Å². The van der Waals surface area contributed by atoms with Crippen LogP contribution in [0, 0.1) is 11.1 Å². The maximum absolute atomic E-state index is 12.3. The minimum Gasteiger partial charge on any atom is -0.618 e. The van der Waals surface area contributed by atoms with E-state index < -0.39 is 0 Å². The Bertz CT molecular complexity index is 434. The second-order valence-corrected chi connectivity index (χ2v) is 5.16. The van der Waals surface area contributed by atoms with Crippen molar-refractivity contribution >= 4 is 5.91 Å². The van der Waals surface area contributed by atoms with Crippen LogP contribution in [0.1, 0.15) is 43.1 Å². The van der Waals surface area contributed by atoms with Gasteiger partial charge in [-0.2, -0.15) is 4.73 Å². The van der Waals surface area contributed by atoms with Crippen LogP contribution in [0.3, 0.4) is 0 Å². The lowest BCUT2D eigenvalue weighted by Gasteiger charge is -2.35. The molecule has 1 aliphatic rings. The number of pyridine rings is 1. The Labute approximate surface area is 108 Å². The van der Waals surface area contributed by atoms with E-state index in [1.165, 1.54) is 19.0 Å². The van der Waals surface area contributed by atoms with E-state index in [1.807, 2.05) is 7.05 Å². The third-order valence-electron chi connectivity index (χ3n) is 3.93. The standard InChI is InChI=1S/C14H20N2O2/c1-11-7-3-4-8-12(11)15(2)14(17)13-9-5-6-10-16(13)18/h5-6,9-12H,3-4,7-8H2,1-2H3/t11-,12-/m1/s1. The van der Waals surface area contributed by atoms with E-state index >= 15 is 0 Å². The van der Waals surface area contributed by atoms with Crippen molar-refractivity contribution in [2.24, 2.45) is 5.92 Å². The van der Waals surface area contributed by atoms with Crippen molar-refractivity contribution in [3.05, 3.63) is 35.3 Å². The first-order valence-corrected chi connectivity index (χ1v) is 6.56. The van der Waals surface area contributed by atoms with Crippen molar-refractivity contribution in [2.45, 2.75) is 38.6 Å². The van der Waals surface area contributed by atoms with Crippen LogP contribution in [0.4, 0.5) is 0 Å². The Morgan fingerprint density at radius 2 is 2.11 bits per heavy atom. The van der Waals surface area contributed by atoms with Crippen LogP contribution >= 0.6 is 0 Å². The number of hydrogen-bond acceptors (Lipinski definition) is 2. The fourth-order valence-electron chi connectivity index (χ4n) is 2.80. The minimum atomic E-state index is -0.177. The number of amides is 1. The summed E-state index contributed by atoms with van der Waals surface area (Å²) in [6.45, 7) is 2.18. The third-order valence-corrected chi connectivity index (χ3v) is 3.93. The number of carbonyl (C=O) groups excluding carboxylic acids is 1. The molecule has 1 saturated carbocycles.